The highest BCUT2D eigenvalue weighted by Crippen LogP contribution is 2.41. The Bertz CT molecular complexity index is 560. The van der Waals surface area contributed by atoms with Crippen LogP contribution in [0.1, 0.15) is 23.1 Å². The normalized spacial score (nSPS) is 22.1. The molecule has 2 aromatic rings. The maximum Gasteiger partial charge on any atom is 0.125 e. The van der Waals surface area contributed by atoms with Crippen LogP contribution in [-0.4, -0.2) is 11.7 Å². The number of aliphatic hydroxyl groups is 1. The number of aryl methyl sites for hydroxylation is 1. The maximum absolute atomic E-state index is 11.0. The molecule has 0 saturated heterocycles. The van der Waals surface area contributed by atoms with Crippen LogP contribution >= 0.6 is 0 Å². The summed E-state index contributed by atoms with van der Waals surface area (Å²) in [7, 11) is 0. The first-order valence-corrected chi connectivity index (χ1v) is 6.22. The van der Waals surface area contributed by atoms with Crippen molar-refractivity contribution in [3.63, 3.8) is 0 Å². The number of ether oxygens (including phenoxy) is 1. The van der Waals surface area contributed by atoms with Crippen LogP contribution in [0.5, 0.6) is 5.75 Å². The van der Waals surface area contributed by atoms with Crippen molar-refractivity contribution in [2.75, 3.05) is 6.61 Å². The summed E-state index contributed by atoms with van der Waals surface area (Å²) in [5.74, 6) is 0.784. The van der Waals surface area contributed by atoms with Crippen molar-refractivity contribution < 1.29 is 9.84 Å². The van der Waals surface area contributed by atoms with E-state index in [0.29, 0.717) is 13.0 Å². The Hall–Kier alpha value is -1.80. The zero-order chi connectivity index (χ0) is 12.6. The Morgan fingerprint density at radius 2 is 1.78 bits per heavy atom. The first kappa shape index (κ1) is 11.3. The van der Waals surface area contributed by atoms with Crippen LogP contribution in [-0.2, 0) is 5.60 Å². The second kappa shape index (κ2) is 4.14. The van der Waals surface area contributed by atoms with Gasteiger partial charge in [-0.25, -0.2) is 0 Å². The van der Waals surface area contributed by atoms with Gasteiger partial charge in [-0.1, -0.05) is 48.0 Å². The van der Waals surface area contributed by atoms with E-state index in [-0.39, 0.29) is 0 Å². The van der Waals surface area contributed by atoms with E-state index in [1.165, 1.54) is 5.56 Å². The number of rotatable bonds is 1. The van der Waals surface area contributed by atoms with Crippen LogP contribution in [0.3, 0.4) is 0 Å². The van der Waals surface area contributed by atoms with Crippen molar-refractivity contribution in [1.82, 2.24) is 0 Å². The molecule has 0 aromatic heterocycles. The minimum Gasteiger partial charge on any atom is -0.493 e. The summed E-state index contributed by atoms with van der Waals surface area (Å²) in [5.41, 5.74) is 2.06. The monoisotopic (exact) mass is 240 g/mol. The lowest BCUT2D eigenvalue weighted by Crippen LogP contribution is -2.33. The predicted octanol–water partition coefficient (Wildman–Crippen LogP) is 3.01. The van der Waals surface area contributed by atoms with Gasteiger partial charge in [-0.2, -0.15) is 0 Å². The molecule has 2 heteroatoms. The van der Waals surface area contributed by atoms with E-state index in [9.17, 15) is 5.11 Å². The SMILES string of the molecule is Cc1ccc(C2(O)CCOc3ccccc32)cc1. The molecule has 18 heavy (non-hydrogen) atoms. The summed E-state index contributed by atoms with van der Waals surface area (Å²) in [5, 5.41) is 11.0. The molecule has 1 aliphatic rings. The first-order valence-electron chi connectivity index (χ1n) is 6.22. The standard InChI is InChI=1S/C16H16O2/c1-12-6-8-13(9-7-12)16(17)10-11-18-15-5-3-2-4-14(15)16/h2-9,17H,10-11H2,1H3. The maximum atomic E-state index is 11.0. The summed E-state index contributed by atoms with van der Waals surface area (Å²) < 4.78 is 5.60. The summed E-state index contributed by atoms with van der Waals surface area (Å²) in [6.45, 7) is 2.59. The molecule has 1 aliphatic heterocycles. The van der Waals surface area contributed by atoms with E-state index in [4.69, 9.17) is 4.74 Å². The zero-order valence-electron chi connectivity index (χ0n) is 10.4. The molecular weight excluding hydrogens is 224 g/mol. The van der Waals surface area contributed by atoms with Gasteiger partial charge in [0.1, 0.15) is 11.4 Å². The number of hydrogen-bond donors (Lipinski definition) is 1. The summed E-state index contributed by atoms with van der Waals surface area (Å²) in [4.78, 5) is 0. The molecular formula is C16H16O2. The van der Waals surface area contributed by atoms with E-state index >= 15 is 0 Å². The quantitative estimate of drug-likeness (QED) is 0.830. The molecule has 0 spiro atoms. The van der Waals surface area contributed by atoms with Gasteiger partial charge < -0.3 is 9.84 Å². The molecule has 0 aliphatic carbocycles. The minimum absolute atomic E-state index is 0.543. The van der Waals surface area contributed by atoms with E-state index in [0.717, 1.165) is 16.9 Å². The van der Waals surface area contributed by atoms with Gasteiger partial charge in [-0.3, -0.25) is 0 Å². The molecule has 3 rings (SSSR count). The Morgan fingerprint density at radius 3 is 2.56 bits per heavy atom. The van der Waals surface area contributed by atoms with Crippen LogP contribution in [0.2, 0.25) is 0 Å². The average molecular weight is 240 g/mol. The number of fused-ring (bicyclic) bond motifs is 1. The lowest BCUT2D eigenvalue weighted by atomic mass is 9.82. The van der Waals surface area contributed by atoms with Crippen molar-refractivity contribution in [2.24, 2.45) is 0 Å². The topological polar surface area (TPSA) is 29.5 Å². The van der Waals surface area contributed by atoms with E-state index in [1.807, 2.05) is 55.5 Å². The lowest BCUT2D eigenvalue weighted by molar-refractivity contribution is 0.0349. The van der Waals surface area contributed by atoms with E-state index < -0.39 is 5.60 Å². The van der Waals surface area contributed by atoms with E-state index in [2.05, 4.69) is 0 Å². The van der Waals surface area contributed by atoms with Crippen molar-refractivity contribution in [3.8, 4) is 5.75 Å². The van der Waals surface area contributed by atoms with Crippen LogP contribution in [0.15, 0.2) is 48.5 Å². The number of para-hydroxylation sites is 1. The highest BCUT2D eigenvalue weighted by molar-refractivity contribution is 5.46. The van der Waals surface area contributed by atoms with Gasteiger partial charge in [-0.15, -0.1) is 0 Å². The Morgan fingerprint density at radius 1 is 1.06 bits per heavy atom. The summed E-state index contributed by atoms with van der Waals surface area (Å²) in [6, 6.07) is 15.8. The third-order valence-electron chi connectivity index (χ3n) is 3.58. The zero-order valence-corrected chi connectivity index (χ0v) is 10.4. The lowest BCUT2D eigenvalue weighted by Gasteiger charge is -2.34. The van der Waals surface area contributed by atoms with Gasteiger partial charge in [0.05, 0.1) is 6.61 Å². The largest absolute Gasteiger partial charge is 0.493 e. The van der Waals surface area contributed by atoms with Gasteiger partial charge in [0.15, 0.2) is 0 Å². The highest BCUT2D eigenvalue weighted by atomic mass is 16.5. The molecule has 2 nitrogen and oxygen atoms in total. The van der Waals surface area contributed by atoms with Crippen LogP contribution in [0.4, 0.5) is 0 Å². The molecule has 1 heterocycles. The average Bonchev–Trinajstić information content (AvgIpc) is 2.40. The Kier molecular flexibility index (Phi) is 2.60. The number of hydrogen-bond acceptors (Lipinski definition) is 2. The molecule has 1 atom stereocenters. The summed E-state index contributed by atoms with van der Waals surface area (Å²) >= 11 is 0. The molecule has 0 saturated carbocycles. The van der Waals surface area contributed by atoms with Gasteiger partial charge >= 0.3 is 0 Å². The third kappa shape index (κ3) is 1.70. The van der Waals surface area contributed by atoms with Crippen LogP contribution in [0, 0.1) is 6.92 Å². The number of benzene rings is 2. The minimum atomic E-state index is -0.928. The predicted molar refractivity (Wildman–Crippen MR) is 70.7 cm³/mol. The second-order valence-corrected chi connectivity index (χ2v) is 4.82. The van der Waals surface area contributed by atoms with Crippen molar-refractivity contribution in [2.45, 2.75) is 18.9 Å². The highest BCUT2D eigenvalue weighted by Gasteiger charge is 2.36. The van der Waals surface area contributed by atoms with Gasteiger partial charge in [0, 0.05) is 12.0 Å². The second-order valence-electron chi connectivity index (χ2n) is 4.82. The van der Waals surface area contributed by atoms with Crippen molar-refractivity contribution in [1.29, 1.82) is 0 Å². The van der Waals surface area contributed by atoms with Gasteiger partial charge in [0.25, 0.3) is 0 Å². The molecule has 0 fully saturated rings. The van der Waals surface area contributed by atoms with Crippen LogP contribution < -0.4 is 4.74 Å². The smallest absolute Gasteiger partial charge is 0.125 e. The summed E-state index contributed by atoms with van der Waals surface area (Å²) in [6.07, 6.45) is 0.590. The first-order chi connectivity index (χ1) is 8.70. The molecule has 2 aromatic carbocycles. The van der Waals surface area contributed by atoms with E-state index in [1.54, 1.807) is 0 Å². The van der Waals surface area contributed by atoms with Gasteiger partial charge in [-0.05, 0) is 18.6 Å². The Labute approximate surface area is 107 Å². The molecule has 0 amide bonds. The Balaban J connectivity index is 2.13. The molecule has 1 unspecified atom stereocenters. The fraction of sp³-hybridized carbons (Fsp3) is 0.250. The van der Waals surface area contributed by atoms with Crippen LogP contribution in [0.25, 0.3) is 0 Å². The third-order valence-corrected chi connectivity index (χ3v) is 3.58. The fourth-order valence-electron chi connectivity index (χ4n) is 2.51. The molecule has 0 radical (unpaired) electrons. The molecule has 92 valence electrons. The molecule has 0 bridgehead atoms. The van der Waals surface area contributed by atoms with Crippen molar-refractivity contribution >= 4 is 0 Å². The van der Waals surface area contributed by atoms with Gasteiger partial charge in [0.2, 0.25) is 0 Å². The molecule has 1 N–H and O–H groups in total. The fourth-order valence-corrected chi connectivity index (χ4v) is 2.51. The van der Waals surface area contributed by atoms with Crippen molar-refractivity contribution in [3.05, 3.63) is 65.2 Å².